The minimum atomic E-state index is -1.16. The summed E-state index contributed by atoms with van der Waals surface area (Å²) in [6, 6.07) is 13.4. The van der Waals surface area contributed by atoms with Crippen LogP contribution in [-0.4, -0.2) is 33.0 Å². The van der Waals surface area contributed by atoms with E-state index in [1.165, 1.54) is 0 Å². The van der Waals surface area contributed by atoms with Gasteiger partial charge in [0, 0.05) is 21.8 Å². The van der Waals surface area contributed by atoms with Crippen molar-refractivity contribution in [3.8, 4) is 0 Å². The highest BCUT2D eigenvalue weighted by molar-refractivity contribution is 6.07. The zero-order chi connectivity index (χ0) is 13.4. The van der Waals surface area contributed by atoms with E-state index in [0.29, 0.717) is 5.56 Å². The maximum absolute atomic E-state index is 9.94. The van der Waals surface area contributed by atoms with Gasteiger partial charge >= 0.3 is 0 Å². The molecule has 3 rings (SSSR count). The van der Waals surface area contributed by atoms with E-state index in [2.05, 4.69) is 4.98 Å². The molecule has 0 radical (unpaired) electrons. The van der Waals surface area contributed by atoms with E-state index in [9.17, 15) is 10.2 Å². The molecule has 0 fully saturated rings. The molecule has 0 saturated heterocycles. The quantitative estimate of drug-likeness (QED) is 0.577. The average Bonchev–Trinajstić information content (AvgIpc) is 2.83. The smallest absolute Gasteiger partial charge is 0.107 e. The van der Waals surface area contributed by atoms with Crippen molar-refractivity contribution in [2.45, 2.75) is 12.2 Å². The first kappa shape index (κ1) is 12.2. The highest BCUT2D eigenvalue weighted by Gasteiger charge is 2.18. The Morgan fingerprint density at radius 3 is 2.47 bits per heavy atom. The Labute approximate surface area is 109 Å². The largest absolute Gasteiger partial charge is 0.394 e. The van der Waals surface area contributed by atoms with Crippen molar-refractivity contribution in [1.82, 2.24) is 4.98 Å². The molecule has 0 aliphatic carbocycles. The van der Waals surface area contributed by atoms with Gasteiger partial charge in [0.1, 0.15) is 12.2 Å². The number of hydrogen-bond donors (Lipinski definition) is 4. The monoisotopic (exact) mass is 257 g/mol. The minimum Gasteiger partial charge on any atom is -0.394 e. The lowest BCUT2D eigenvalue weighted by Gasteiger charge is -2.15. The van der Waals surface area contributed by atoms with E-state index in [1.54, 1.807) is 6.07 Å². The van der Waals surface area contributed by atoms with Gasteiger partial charge in [0.05, 0.1) is 6.61 Å². The van der Waals surface area contributed by atoms with Gasteiger partial charge in [0.2, 0.25) is 0 Å². The van der Waals surface area contributed by atoms with E-state index in [0.717, 1.165) is 21.8 Å². The van der Waals surface area contributed by atoms with Crippen LogP contribution in [0.4, 0.5) is 0 Å². The highest BCUT2D eigenvalue weighted by atomic mass is 16.4. The maximum Gasteiger partial charge on any atom is 0.107 e. The SMILES string of the molecule is OCC(O)C(O)c1ccc2[nH]c3ccccc3c2c1. The van der Waals surface area contributed by atoms with E-state index in [-0.39, 0.29) is 0 Å². The van der Waals surface area contributed by atoms with Crippen molar-refractivity contribution in [3.05, 3.63) is 48.0 Å². The number of fused-ring (bicyclic) bond motifs is 3. The Bertz CT molecular complexity index is 720. The normalized spacial score (nSPS) is 14.9. The lowest BCUT2D eigenvalue weighted by molar-refractivity contribution is -0.0151. The Balaban J connectivity index is 2.16. The van der Waals surface area contributed by atoms with Crippen molar-refractivity contribution in [2.75, 3.05) is 6.61 Å². The molecule has 19 heavy (non-hydrogen) atoms. The number of rotatable bonds is 3. The van der Waals surface area contributed by atoms with Crippen molar-refractivity contribution >= 4 is 21.8 Å². The molecule has 98 valence electrons. The van der Waals surface area contributed by atoms with E-state index >= 15 is 0 Å². The minimum absolute atomic E-state index is 0.465. The summed E-state index contributed by atoms with van der Waals surface area (Å²) in [6.07, 6.45) is -2.24. The third kappa shape index (κ3) is 2.00. The Morgan fingerprint density at radius 1 is 0.947 bits per heavy atom. The van der Waals surface area contributed by atoms with Gasteiger partial charge in [-0.25, -0.2) is 0 Å². The molecular weight excluding hydrogens is 242 g/mol. The Morgan fingerprint density at radius 2 is 1.68 bits per heavy atom. The molecule has 3 aromatic rings. The molecule has 1 heterocycles. The lowest BCUT2D eigenvalue weighted by Crippen LogP contribution is -2.21. The van der Waals surface area contributed by atoms with Crippen molar-refractivity contribution in [1.29, 1.82) is 0 Å². The predicted molar refractivity (Wildman–Crippen MR) is 73.9 cm³/mol. The molecule has 0 spiro atoms. The second-order valence-electron chi connectivity index (χ2n) is 4.67. The summed E-state index contributed by atoms with van der Waals surface area (Å²) < 4.78 is 0. The second-order valence-corrected chi connectivity index (χ2v) is 4.67. The lowest BCUT2D eigenvalue weighted by atomic mass is 10.0. The summed E-state index contributed by atoms with van der Waals surface area (Å²) in [5.41, 5.74) is 2.61. The summed E-state index contributed by atoms with van der Waals surface area (Å²) in [4.78, 5) is 3.29. The second kappa shape index (κ2) is 4.66. The van der Waals surface area contributed by atoms with Crippen LogP contribution in [0.1, 0.15) is 11.7 Å². The molecule has 0 aliphatic rings. The molecule has 2 aromatic carbocycles. The van der Waals surface area contributed by atoms with Crippen LogP contribution in [0, 0.1) is 0 Å². The number of nitrogens with one attached hydrogen (secondary N) is 1. The molecule has 0 aliphatic heterocycles. The van der Waals surface area contributed by atoms with Crippen LogP contribution in [0.25, 0.3) is 21.8 Å². The van der Waals surface area contributed by atoms with Crippen LogP contribution in [-0.2, 0) is 0 Å². The number of para-hydroxylation sites is 1. The third-order valence-corrected chi connectivity index (χ3v) is 3.42. The van der Waals surface area contributed by atoms with Gasteiger partial charge in [-0.05, 0) is 23.8 Å². The summed E-state index contributed by atoms with van der Waals surface area (Å²) in [5, 5.41) is 30.4. The van der Waals surface area contributed by atoms with Gasteiger partial charge in [-0.3, -0.25) is 0 Å². The average molecular weight is 257 g/mol. The van der Waals surface area contributed by atoms with Gasteiger partial charge in [0.15, 0.2) is 0 Å². The Kier molecular flexibility index (Phi) is 2.98. The zero-order valence-corrected chi connectivity index (χ0v) is 10.2. The van der Waals surface area contributed by atoms with E-state index in [1.807, 2.05) is 36.4 Å². The number of aliphatic hydroxyl groups is 3. The van der Waals surface area contributed by atoms with Crippen molar-refractivity contribution < 1.29 is 15.3 Å². The highest BCUT2D eigenvalue weighted by Crippen LogP contribution is 2.28. The zero-order valence-electron chi connectivity index (χ0n) is 10.2. The first-order valence-electron chi connectivity index (χ1n) is 6.18. The fourth-order valence-electron chi connectivity index (χ4n) is 2.37. The first-order chi connectivity index (χ1) is 9.20. The van der Waals surface area contributed by atoms with Gasteiger partial charge in [-0.2, -0.15) is 0 Å². The van der Waals surface area contributed by atoms with Gasteiger partial charge in [0.25, 0.3) is 0 Å². The standard InChI is InChI=1S/C15H15NO3/c17-8-14(18)15(19)9-5-6-13-11(7-9)10-3-1-2-4-12(10)16-13/h1-7,14-19H,8H2. The summed E-state index contributed by atoms with van der Waals surface area (Å²) in [5.74, 6) is 0. The predicted octanol–water partition coefficient (Wildman–Crippen LogP) is 1.71. The van der Waals surface area contributed by atoms with Gasteiger partial charge in [-0.15, -0.1) is 0 Å². The molecule has 0 saturated carbocycles. The number of benzene rings is 2. The molecular formula is C15H15NO3. The van der Waals surface area contributed by atoms with Crippen LogP contribution in [0.3, 0.4) is 0 Å². The van der Waals surface area contributed by atoms with Crippen LogP contribution in [0.15, 0.2) is 42.5 Å². The molecule has 4 nitrogen and oxygen atoms in total. The molecule has 2 atom stereocenters. The van der Waals surface area contributed by atoms with Crippen LogP contribution < -0.4 is 0 Å². The number of hydrogen-bond acceptors (Lipinski definition) is 3. The summed E-state index contributed by atoms with van der Waals surface area (Å²) >= 11 is 0. The third-order valence-electron chi connectivity index (χ3n) is 3.42. The molecule has 0 bridgehead atoms. The van der Waals surface area contributed by atoms with Gasteiger partial charge in [-0.1, -0.05) is 24.3 Å². The molecule has 4 N–H and O–H groups in total. The Hall–Kier alpha value is -1.88. The maximum atomic E-state index is 9.94. The topological polar surface area (TPSA) is 76.5 Å². The molecule has 4 heteroatoms. The van der Waals surface area contributed by atoms with Crippen LogP contribution >= 0.6 is 0 Å². The fourth-order valence-corrected chi connectivity index (χ4v) is 2.37. The summed E-state index contributed by atoms with van der Waals surface area (Å²) in [6.45, 7) is -0.465. The number of aromatic nitrogens is 1. The fraction of sp³-hybridized carbons (Fsp3) is 0.200. The number of aliphatic hydroxyl groups excluding tert-OH is 3. The summed E-state index contributed by atoms with van der Waals surface area (Å²) in [7, 11) is 0. The van der Waals surface area contributed by atoms with Crippen molar-refractivity contribution in [2.24, 2.45) is 0 Å². The molecule has 2 unspecified atom stereocenters. The van der Waals surface area contributed by atoms with E-state index < -0.39 is 18.8 Å². The van der Waals surface area contributed by atoms with E-state index in [4.69, 9.17) is 5.11 Å². The van der Waals surface area contributed by atoms with Gasteiger partial charge < -0.3 is 20.3 Å². The van der Waals surface area contributed by atoms with Crippen molar-refractivity contribution in [3.63, 3.8) is 0 Å². The van der Waals surface area contributed by atoms with Crippen LogP contribution in [0.2, 0.25) is 0 Å². The number of H-pyrrole nitrogens is 1. The number of aromatic amines is 1. The van der Waals surface area contributed by atoms with Crippen LogP contribution in [0.5, 0.6) is 0 Å². The molecule has 1 aromatic heterocycles. The molecule has 0 amide bonds. The first-order valence-corrected chi connectivity index (χ1v) is 6.18.